The molecule has 7 nitrogen and oxygen atoms in total. The highest BCUT2D eigenvalue weighted by Crippen LogP contribution is 2.19. The zero-order chi connectivity index (χ0) is 14.5. The average Bonchev–Trinajstić information content (AvgIpc) is 2.46. The first-order valence-corrected chi connectivity index (χ1v) is 6.49. The zero-order valence-electron chi connectivity index (χ0n) is 11.5. The number of carbonyl (C=O) groups excluding carboxylic acids is 2. The largest absolute Gasteiger partial charge is 0.461 e. The van der Waals surface area contributed by atoms with Gasteiger partial charge in [0.1, 0.15) is 0 Å². The van der Waals surface area contributed by atoms with Gasteiger partial charge in [-0.3, -0.25) is 0 Å². The Labute approximate surface area is 116 Å². The van der Waals surface area contributed by atoms with Crippen LogP contribution in [0.2, 0.25) is 0 Å². The molecule has 0 N–H and O–H groups in total. The minimum atomic E-state index is -0.646. The molecule has 7 heteroatoms. The molecule has 1 aromatic heterocycles. The number of ether oxygens (including phenoxy) is 3. The van der Waals surface area contributed by atoms with E-state index in [1.54, 1.807) is 13.8 Å². The third-order valence-electron chi connectivity index (χ3n) is 2.75. The molecule has 0 saturated heterocycles. The number of rotatable bonds is 4. The molecule has 0 amide bonds. The smallest absolute Gasteiger partial charge is 0.376 e. The van der Waals surface area contributed by atoms with Gasteiger partial charge in [0, 0.05) is 12.0 Å². The van der Waals surface area contributed by atoms with Crippen LogP contribution in [-0.4, -0.2) is 41.7 Å². The molecule has 0 unspecified atom stereocenters. The first-order valence-electron chi connectivity index (χ1n) is 6.49. The summed E-state index contributed by atoms with van der Waals surface area (Å²) < 4.78 is 15.1. The molecule has 0 bridgehead atoms. The van der Waals surface area contributed by atoms with E-state index < -0.39 is 11.9 Å². The lowest BCUT2D eigenvalue weighted by Gasteiger charge is -2.18. The highest BCUT2D eigenvalue weighted by atomic mass is 16.5. The number of carbonyl (C=O) groups is 2. The molecule has 0 fully saturated rings. The van der Waals surface area contributed by atoms with Crippen LogP contribution in [0.3, 0.4) is 0 Å². The van der Waals surface area contributed by atoms with E-state index in [9.17, 15) is 9.59 Å². The highest BCUT2D eigenvalue weighted by molar-refractivity contribution is 5.92. The van der Waals surface area contributed by atoms with Crippen molar-refractivity contribution in [1.29, 1.82) is 0 Å². The fraction of sp³-hybridized carbons (Fsp3) is 0.538. The number of esters is 2. The molecule has 0 atom stereocenters. The van der Waals surface area contributed by atoms with Gasteiger partial charge in [0.15, 0.2) is 5.69 Å². The summed E-state index contributed by atoms with van der Waals surface area (Å²) in [4.78, 5) is 31.8. The second-order valence-electron chi connectivity index (χ2n) is 4.06. The van der Waals surface area contributed by atoms with E-state index in [1.165, 1.54) is 0 Å². The van der Waals surface area contributed by atoms with Gasteiger partial charge in [-0.05, 0) is 13.8 Å². The number of hydrogen-bond acceptors (Lipinski definition) is 7. The minimum absolute atomic E-state index is 0.0830. The Morgan fingerprint density at radius 1 is 1.15 bits per heavy atom. The van der Waals surface area contributed by atoms with Crippen LogP contribution in [-0.2, 0) is 27.2 Å². The third kappa shape index (κ3) is 2.93. The quantitative estimate of drug-likeness (QED) is 0.757. The van der Waals surface area contributed by atoms with Crippen LogP contribution in [0.4, 0.5) is 0 Å². The standard InChI is InChI=1S/C13H16N2O5/c1-3-19-12(16)10-8-7-18-6-5-9(8)14-11(15-10)13(17)20-4-2/h3-7H2,1-2H3. The van der Waals surface area contributed by atoms with Crippen molar-refractivity contribution >= 4 is 11.9 Å². The summed E-state index contributed by atoms with van der Waals surface area (Å²) in [5, 5.41) is 0. The van der Waals surface area contributed by atoms with Gasteiger partial charge in [0.05, 0.1) is 32.1 Å². The Hall–Kier alpha value is -2.02. The van der Waals surface area contributed by atoms with Crippen LogP contribution in [0.5, 0.6) is 0 Å². The summed E-state index contributed by atoms with van der Waals surface area (Å²) in [5.41, 5.74) is 1.31. The van der Waals surface area contributed by atoms with E-state index in [-0.39, 0.29) is 31.3 Å². The van der Waals surface area contributed by atoms with Gasteiger partial charge in [-0.15, -0.1) is 0 Å². The van der Waals surface area contributed by atoms with Crippen molar-refractivity contribution in [3.05, 3.63) is 22.8 Å². The second kappa shape index (κ2) is 6.42. The Bertz CT molecular complexity index is 530. The molecular formula is C13H16N2O5. The van der Waals surface area contributed by atoms with Crippen LogP contribution in [0.15, 0.2) is 0 Å². The molecule has 0 spiro atoms. The van der Waals surface area contributed by atoms with Crippen molar-refractivity contribution in [2.24, 2.45) is 0 Å². The molecule has 2 rings (SSSR count). The van der Waals surface area contributed by atoms with E-state index >= 15 is 0 Å². The van der Waals surface area contributed by atoms with E-state index in [1.807, 2.05) is 0 Å². The van der Waals surface area contributed by atoms with Gasteiger partial charge in [0.25, 0.3) is 0 Å². The zero-order valence-corrected chi connectivity index (χ0v) is 11.5. The van der Waals surface area contributed by atoms with Gasteiger partial charge >= 0.3 is 11.9 Å². The predicted octanol–water partition coefficient (Wildman–Crippen LogP) is 0.903. The molecule has 1 aliphatic heterocycles. The molecule has 1 aliphatic rings. The highest BCUT2D eigenvalue weighted by Gasteiger charge is 2.25. The number of nitrogens with zero attached hydrogens (tertiary/aromatic N) is 2. The first-order chi connectivity index (χ1) is 9.67. The monoisotopic (exact) mass is 280 g/mol. The molecule has 108 valence electrons. The summed E-state index contributed by atoms with van der Waals surface area (Å²) in [5.74, 6) is -1.34. The first kappa shape index (κ1) is 14.4. The molecular weight excluding hydrogens is 264 g/mol. The maximum Gasteiger partial charge on any atom is 0.376 e. The van der Waals surface area contributed by atoms with Crippen LogP contribution in [0.25, 0.3) is 0 Å². The lowest BCUT2D eigenvalue weighted by Crippen LogP contribution is -2.23. The van der Waals surface area contributed by atoms with Gasteiger partial charge in [-0.25, -0.2) is 19.6 Å². The van der Waals surface area contributed by atoms with Gasteiger partial charge in [-0.1, -0.05) is 0 Å². The van der Waals surface area contributed by atoms with E-state index in [2.05, 4.69) is 9.97 Å². The second-order valence-corrected chi connectivity index (χ2v) is 4.06. The van der Waals surface area contributed by atoms with Crippen LogP contribution < -0.4 is 0 Å². The number of fused-ring (bicyclic) bond motifs is 1. The fourth-order valence-electron chi connectivity index (χ4n) is 1.89. The van der Waals surface area contributed by atoms with Crippen LogP contribution in [0.1, 0.15) is 46.2 Å². The van der Waals surface area contributed by atoms with Crippen LogP contribution >= 0.6 is 0 Å². The summed E-state index contributed by atoms with van der Waals surface area (Å²) in [6.45, 7) is 4.58. The van der Waals surface area contributed by atoms with Crippen molar-refractivity contribution in [2.45, 2.75) is 26.9 Å². The Kier molecular flexibility index (Phi) is 4.62. The lowest BCUT2D eigenvalue weighted by atomic mass is 10.1. The van der Waals surface area contributed by atoms with Crippen molar-refractivity contribution in [3.63, 3.8) is 0 Å². The van der Waals surface area contributed by atoms with E-state index in [4.69, 9.17) is 14.2 Å². The van der Waals surface area contributed by atoms with Crippen molar-refractivity contribution < 1.29 is 23.8 Å². The minimum Gasteiger partial charge on any atom is -0.461 e. The van der Waals surface area contributed by atoms with Gasteiger partial charge in [0.2, 0.25) is 5.82 Å². The maximum absolute atomic E-state index is 11.9. The summed E-state index contributed by atoms with van der Waals surface area (Å²) in [6, 6.07) is 0. The maximum atomic E-state index is 11.9. The summed E-state index contributed by atoms with van der Waals surface area (Å²) >= 11 is 0. The molecule has 2 heterocycles. The lowest BCUT2D eigenvalue weighted by molar-refractivity contribution is 0.0492. The Morgan fingerprint density at radius 3 is 2.55 bits per heavy atom. The number of aromatic nitrogens is 2. The molecule has 0 aromatic carbocycles. The predicted molar refractivity (Wildman–Crippen MR) is 67.3 cm³/mol. The Balaban J connectivity index is 2.44. The molecule has 1 aromatic rings. The summed E-state index contributed by atoms with van der Waals surface area (Å²) in [6.07, 6.45) is 0.524. The molecule has 0 aliphatic carbocycles. The fourth-order valence-corrected chi connectivity index (χ4v) is 1.89. The van der Waals surface area contributed by atoms with Crippen molar-refractivity contribution in [1.82, 2.24) is 9.97 Å². The summed E-state index contributed by atoms with van der Waals surface area (Å²) in [7, 11) is 0. The Morgan fingerprint density at radius 2 is 1.85 bits per heavy atom. The topological polar surface area (TPSA) is 87.6 Å². The normalized spacial score (nSPS) is 13.5. The molecule has 0 radical (unpaired) electrons. The average molecular weight is 280 g/mol. The van der Waals surface area contributed by atoms with Crippen molar-refractivity contribution in [2.75, 3.05) is 19.8 Å². The van der Waals surface area contributed by atoms with Gasteiger partial charge < -0.3 is 14.2 Å². The van der Waals surface area contributed by atoms with Gasteiger partial charge in [-0.2, -0.15) is 0 Å². The van der Waals surface area contributed by atoms with E-state index in [0.29, 0.717) is 24.3 Å². The van der Waals surface area contributed by atoms with Crippen LogP contribution in [0, 0.1) is 0 Å². The molecule has 20 heavy (non-hydrogen) atoms. The number of hydrogen-bond donors (Lipinski definition) is 0. The SMILES string of the molecule is CCOC(=O)c1nc2c(c(C(=O)OCC)n1)COCC2. The molecule has 0 saturated carbocycles. The van der Waals surface area contributed by atoms with Crippen molar-refractivity contribution in [3.8, 4) is 0 Å². The third-order valence-corrected chi connectivity index (χ3v) is 2.75. The van der Waals surface area contributed by atoms with E-state index in [0.717, 1.165) is 0 Å².